The number of aromatic nitrogens is 4. The summed E-state index contributed by atoms with van der Waals surface area (Å²) in [5.41, 5.74) is 0.662. The van der Waals surface area contributed by atoms with Crippen molar-refractivity contribution < 1.29 is 24.0 Å². The smallest absolute Gasteiger partial charge is 0.338 e. The molecule has 2 N–H and O–H groups in total. The van der Waals surface area contributed by atoms with E-state index in [1.54, 1.807) is 0 Å². The monoisotopic (exact) mass is 482 g/mol. The second-order valence-corrected chi connectivity index (χ2v) is 7.29. The maximum absolute atomic E-state index is 12.4. The van der Waals surface area contributed by atoms with Gasteiger partial charge in [-0.2, -0.15) is 0 Å². The number of rotatable bonds is 7. The number of nitrogens with zero attached hydrogens (tertiary/aromatic N) is 4. The minimum atomic E-state index is -1.13. The largest absolute Gasteiger partial charge is 0.450 e. The molecule has 1 unspecified atom stereocenters. The van der Waals surface area contributed by atoms with E-state index >= 15 is 0 Å². The van der Waals surface area contributed by atoms with E-state index in [4.69, 9.17) is 21.1 Å². The molecule has 0 aliphatic rings. The summed E-state index contributed by atoms with van der Waals surface area (Å²) < 4.78 is 10.8. The summed E-state index contributed by atoms with van der Waals surface area (Å²) in [7, 11) is 0. The van der Waals surface area contributed by atoms with E-state index < -0.39 is 22.9 Å². The Morgan fingerprint density at radius 2 is 1.91 bits per heavy atom. The Morgan fingerprint density at radius 1 is 1.15 bits per heavy atom. The number of benzene rings is 2. The molecule has 2 aromatic heterocycles. The van der Waals surface area contributed by atoms with Crippen LogP contribution in [0.2, 0.25) is 5.02 Å². The van der Waals surface area contributed by atoms with Crippen molar-refractivity contribution in [1.82, 2.24) is 19.9 Å². The highest BCUT2D eigenvalue weighted by molar-refractivity contribution is 6.30. The lowest BCUT2D eigenvalue weighted by Crippen LogP contribution is -2.30. The first-order valence-electron chi connectivity index (χ1n) is 9.69. The lowest BCUT2D eigenvalue weighted by atomic mass is 10.2. The van der Waals surface area contributed by atoms with Crippen LogP contribution in [0.15, 0.2) is 55.1 Å². The number of imidazole rings is 1. The molecule has 2 heterocycles. The lowest BCUT2D eigenvalue weighted by Gasteiger charge is -2.13. The number of esters is 1. The molecule has 13 heteroatoms. The third kappa shape index (κ3) is 4.91. The van der Waals surface area contributed by atoms with E-state index in [1.165, 1.54) is 62.0 Å². The molecule has 12 nitrogen and oxygen atoms in total. The Kier molecular flexibility index (Phi) is 6.32. The van der Waals surface area contributed by atoms with Gasteiger partial charge in [-0.25, -0.2) is 19.7 Å². The molecule has 0 radical (unpaired) electrons. The van der Waals surface area contributed by atoms with Crippen molar-refractivity contribution in [3.63, 3.8) is 0 Å². The summed E-state index contributed by atoms with van der Waals surface area (Å²) in [6.45, 7) is 1.41. The van der Waals surface area contributed by atoms with Gasteiger partial charge >= 0.3 is 11.7 Å². The first-order valence-corrected chi connectivity index (χ1v) is 10.1. The zero-order chi connectivity index (χ0) is 24.2. The molecule has 34 heavy (non-hydrogen) atoms. The third-order valence-electron chi connectivity index (χ3n) is 4.55. The average Bonchev–Trinajstić information content (AvgIpc) is 3.30. The van der Waals surface area contributed by atoms with Crippen LogP contribution >= 0.6 is 11.6 Å². The van der Waals surface area contributed by atoms with Gasteiger partial charge in [0.25, 0.3) is 5.91 Å². The van der Waals surface area contributed by atoms with E-state index in [2.05, 4.69) is 25.3 Å². The Hall–Kier alpha value is -4.58. The summed E-state index contributed by atoms with van der Waals surface area (Å²) in [6.07, 6.45) is 1.53. The van der Waals surface area contributed by atoms with Crippen molar-refractivity contribution in [2.45, 2.75) is 13.0 Å². The van der Waals surface area contributed by atoms with E-state index in [0.717, 1.165) is 0 Å². The minimum absolute atomic E-state index is 0.00823. The summed E-state index contributed by atoms with van der Waals surface area (Å²) in [5, 5.41) is 14.0. The number of fused-ring (bicyclic) bond motifs is 1. The van der Waals surface area contributed by atoms with Gasteiger partial charge in [0.05, 0.1) is 16.8 Å². The Labute approximate surface area is 196 Å². The van der Waals surface area contributed by atoms with Gasteiger partial charge in [0.15, 0.2) is 17.6 Å². The van der Waals surface area contributed by atoms with Crippen molar-refractivity contribution in [3.05, 3.63) is 75.8 Å². The number of anilines is 1. The molecule has 4 rings (SSSR count). The second kappa shape index (κ2) is 9.50. The quantitative estimate of drug-likeness (QED) is 0.226. The molecule has 172 valence electrons. The number of hydrogen-bond donors (Lipinski definition) is 2. The van der Waals surface area contributed by atoms with Crippen LogP contribution in [-0.2, 0) is 9.53 Å². The predicted octanol–water partition coefficient (Wildman–Crippen LogP) is 3.89. The highest BCUT2D eigenvalue weighted by Gasteiger charge is 2.21. The molecule has 2 aromatic carbocycles. The number of nitrogens with one attached hydrogen (secondary N) is 2. The zero-order valence-corrected chi connectivity index (χ0v) is 18.1. The van der Waals surface area contributed by atoms with Crippen molar-refractivity contribution in [2.24, 2.45) is 0 Å². The van der Waals surface area contributed by atoms with Gasteiger partial charge in [-0.15, -0.1) is 0 Å². The average molecular weight is 483 g/mol. The van der Waals surface area contributed by atoms with Gasteiger partial charge in [-0.3, -0.25) is 14.9 Å². The standard InChI is InChI=1S/C21H15ClN6O6/c1-11(20(29)27-19-17-18(24-9-23-17)25-10-26-19)33-21(30)12-2-5-14(6-3-12)34-16-7-4-13(22)8-15(16)28(31)32/h2-11H,1H3,(H2,23,24,25,26,27,29). The molecule has 0 saturated carbocycles. The van der Waals surface area contributed by atoms with E-state index in [0.29, 0.717) is 11.2 Å². The fourth-order valence-corrected chi connectivity index (χ4v) is 3.03. The maximum Gasteiger partial charge on any atom is 0.338 e. The number of carbonyl (C=O) groups is 2. The van der Waals surface area contributed by atoms with Crippen molar-refractivity contribution in [2.75, 3.05) is 5.32 Å². The number of H-pyrrole nitrogens is 1. The summed E-state index contributed by atoms with van der Waals surface area (Å²) in [4.78, 5) is 50.2. The summed E-state index contributed by atoms with van der Waals surface area (Å²) >= 11 is 5.80. The van der Waals surface area contributed by atoms with Crippen LogP contribution < -0.4 is 10.1 Å². The highest BCUT2D eigenvalue weighted by atomic mass is 35.5. The number of nitro groups is 1. The van der Waals surface area contributed by atoms with Crippen LogP contribution in [0.3, 0.4) is 0 Å². The fourth-order valence-electron chi connectivity index (χ4n) is 2.87. The molecule has 0 spiro atoms. The fraction of sp³-hybridized carbons (Fsp3) is 0.0952. The molecule has 4 aromatic rings. The first-order chi connectivity index (χ1) is 16.3. The molecular weight excluding hydrogens is 468 g/mol. The topological polar surface area (TPSA) is 162 Å². The van der Waals surface area contributed by atoms with Crippen molar-refractivity contribution >= 4 is 46.1 Å². The third-order valence-corrected chi connectivity index (χ3v) is 4.79. The Bertz CT molecular complexity index is 1390. The van der Waals surface area contributed by atoms with Crippen LogP contribution in [0.5, 0.6) is 11.5 Å². The number of carbonyl (C=O) groups excluding carboxylic acids is 2. The number of hydrogen-bond acceptors (Lipinski definition) is 9. The van der Waals surface area contributed by atoms with E-state index in [9.17, 15) is 19.7 Å². The normalized spacial score (nSPS) is 11.6. The number of ether oxygens (including phenoxy) is 2. The summed E-state index contributed by atoms with van der Waals surface area (Å²) in [6, 6.07) is 9.70. The van der Waals surface area contributed by atoms with Crippen molar-refractivity contribution in [3.8, 4) is 11.5 Å². The van der Waals surface area contributed by atoms with Crippen molar-refractivity contribution in [1.29, 1.82) is 0 Å². The second-order valence-electron chi connectivity index (χ2n) is 6.86. The molecule has 0 saturated heterocycles. The number of amides is 1. The SMILES string of the molecule is CC(OC(=O)c1ccc(Oc2ccc(Cl)cc2[N+](=O)[O-])cc1)C(=O)Nc1ncnc2nc[nH]c12. The minimum Gasteiger partial charge on any atom is -0.450 e. The van der Waals surface area contributed by atoms with Gasteiger partial charge in [0.2, 0.25) is 5.75 Å². The molecule has 1 atom stereocenters. The van der Waals surface area contributed by atoms with Crippen LogP contribution in [0.1, 0.15) is 17.3 Å². The first kappa shape index (κ1) is 22.6. The number of halogens is 1. The van der Waals surface area contributed by atoms with E-state index in [1.807, 2.05) is 0 Å². The molecule has 0 aliphatic heterocycles. The summed E-state index contributed by atoms with van der Waals surface area (Å²) in [5.74, 6) is -0.904. The highest BCUT2D eigenvalue weighted by Crippen LogP contribution is 2.33. The maximum atomic E-state index is 12.4. The van der Waals surface area contributed by atoms with E-state index in [-0.39, 0.29) is 33.6 Å². The van der Waals surface area contributed by atoms with Gasteiger partial charge in [-0.1, -0.05) is 11.6 Å². The van der Waals surface area contributed by atoms with Crippen LogP contribution in [0.25, 0.3) is 11.2 Å². The van der Waals surface area contributed by atoms with Crippen LogP contribution in [-0.4, -0.2) is 42.8 Å². The Balaban J connectivity index is 1.39. The zero-order valence-electron chi connectivity index (χ0n) is 17.4. The molecule has 0 fully saturated rings. The molecule has 1 amide bonds. The van der Waals surface area contributed by atoms with Gasteiger partial charge < -0.3 is 19.8 Å². The molecule has 0 bridgehead atoms. The van der Waals surface area contributed by atoms with Crippen LogP contribution in [0, 0.1) is 10.1 Å². The number of aromatic amines is 1. The molecular formula is C21H15ClN6O6. The predicted molar refractivity (Wildman–Crippen MR) is 120 cm³/mol. The number of nitro benzene ring substituents is 1. The van der Waals surface area contributed by atoms with Gasteiger partial charge in [0, 0.05) is 11.1 Å². The lowest BCUT2D eigenvalue weighted by molar-refractivity contribution is -0.385. The Morgan fingerprint density at radius 3 is 2.65 bits per heavy atom. The van der Waals surface area contributed by atoms with Crippen LogP contribution in [0.4, 0.5) is 11.5 Å². The van der Waals surface area contributed by atoms with Gasteiger partial charge in [-0.05, 0) is 43.3 Å². The molecule has 0 aliphatic carbocycles. The van der Waals surface area contributed by atoms with Gasteiger partial charge in [0.1, 0.15) is 17.6 Å².